The van der Waals surface area contributed by atoms with Crippen LogP contribution in [0.25, 0.3) is 27.8 Å². The normalized spacial score (nSPS) is 11.2. The van der Waals surface area contributed by atoms with Gasteiger partial charge in [-0.2, -0.15) is 0 Å². The molecule has 5 rings (SSSR count). The van der Waals surface area contributed by atoms with Gasteiger partial charge in [-0.3, -0.25) is 10.1 Å². The van der Waals surface area contributed by atoms with Crippen molar-refractivity contribution in [1.29, 1.82) is 0 Å². The maximum absolute atomic E-state index is 12.8. The number of hydrogen-bond acceptors (Lipinski definition) is 5. The van der Waals surface area contributed by atoms with Crippen molar-refractivity contribution in [1.82, 2.24) is 19.4 Å². The van der Waals surface area contributed by atoms with Crippen molar-refractivity contribution in [3.63, 3.8) is 0 Å². The van der Waals surface area contributed by atoms with E-state index in [1.54, 1.807) is 13.3 Å². The molecule has 3 heterocycles. The summed E-state index contributed by atoms with van der Waals surface area (Å²) >= 11 is 0. The van der Waals surface area contributed by atoms with Gasteiger partial charge in [0, 0.05) is 32.0 Å². The summed E-state index contributed by atoms with van der Waals surface area (Å²) in [6.07, 6.45) is 2.56. The van der Waals surface area contributed by atoms with E-state index in [-0.39, 0.29) is 5.91 Å². The molecule has 2 aromatic carbocycles. The number of aromatic amines is 1. The topological polar surface area (TPSA) is 93.5 Å². The molecule has 0 aliphatic carbocycles. The number of pyridine rings is 1. The Morgan fingerprint density at radius 2 is 1.88 bits per heavy atom. The molecule has 172 valence electrons. The van der Waals surface area contributed by atoms with Gasteiger partial charge >= 0.3 is 0 Å². The summed E-state index contributed by atoms with van der Waals surface area (Å²) < 4.78 is 12.8. The number of aryl methyl sites for hydroxylation is 1. The minimum absolute atomic E-state index is 0.319. The number of imidazole rings is 2. The number of anilines is 1. The molecule has 0 saturated heterocycles. The van der Waals surface area contributed by atoms with Gasteiger partial charge in [0.2, 0.25) is 5.95 Å². The average molecular weight is 456 g/mol. The average Bonchev–Trinajstić information content (AvgIpc) is 3.46. The summed E-state index contributed by atoms with van der Waals surface area (Å²) in [5.41, 5.74) is 5.70. The number of ether oxygens (including phenoxy) is 2. The van der Waals surface area contributed by atoms with Crippen molar-refractivity contribution >= 4 is 28.5 Å². The Hall–Kier alpha value is -4.17. The molecule has 0 saturated carbocycles. The van der Waals surface area contributed by atoms with Crippen LogP contribution in [-0.4, -0.2) is 45.6 Å². The molecular weight excluding hydrogens is 430 g/mol. The van der Waals surface area contributed by atoms with E-state index < -0.39 is 0 Å². The summed E-state index contributed by atoms with van der Waals surface area (Å²) in [6.45, 7) is 3.24. The zero-order valence-electron chi connectivity index (χ0n) is 19.0. The van der Waals surface area contributed by atoms with E-state index >= 15 is 0 Å². The van der Waals surface area contributed by atoms with Crippen molar-refractivity contribution in [2.45, 2.75) is 13.3 Å². The van der Waals surface area contributed by atoms with Crippen molar-refractivity contribution in [2.24, 2.45) is 0 Å². The number of nitrogens with one attached hydrogen (secondary N) is 2. The third-order valence-electron chi connectivity index (χ3n) is 5.57. The third-order valence-corrected chi connectivity index (χ3v) is 5.57. The van der Waals surface area contributed by atoms with Crippen LogP contribution in [0, 0.1) is 6.92 Å². The summed E-state index contributed by atoms with van der Waals surface area (Å²) in [5.74, 6) is 0.871. The summed E-state index contributed by atoms with van der Waals surface area (Å²) in [4.78, 5) is 24.9. The zero-order chi connectivity index (χ0) is 23.5. The molecule has 0 radical (unpaired) electrons. The summed E-state index contributed by atoms with van der Waals surface area (Å²) in [6, 6.07) is 19.7. The van der Waals surface area contributed by atoms with E-state index in [4.69, 9.17) is 9.47 Å². The number of benzene rings is 2. The van der Waals surface area contributed by atoms with Crippen LogP contribution in [0.5, 0.6) is 5.75 Å². The van der Waals surface area contributed by atoms with Gasteiger partial charge < -0.3 is 18.9 Å². The number of H-pyrrole nitrogens is 1. The zero-order valence-corrected chi connectivity index (χ0v) is 19.0. The lowest BCUT2D eigenvalue weighted by atomic mass is 10.0. The molecule has 0 aliphatic heterocycles. The number of rotatable bonds is 8. The van der Waals surface area contributed by atoms with Crippen LogP contribution in [0.4, 0.5) is 5.95 Å². The van der Waals surface area contributed by atoms with E-state index in [9.17, 15) is 4.79 Å². The van der Waals surface area contributed by atoms with Crippen LogP contribution in [0.15, 0.2) is 66.9 Å². The van der Waals surface area contributed by atoms with Gasteiger partial charge in [-0.25, -0.2) is 9.97 Å². The first-order valence-electron chi connectivity index (χ1n) is 11.1. The molecule has 8 heteroatoms. The highest BCUT2D eigenvalue weighted by Crippen LogP contribution is 2.27. The van der Waals surface area contributed by atoms with Gasteiger partial charge in [-0.1, -0.05) is 24.3 Å². The molecule has 5 aromatic rings. The maximum Gasteiger partial charge on any atom is 0.278 e. The van der Waals surface area contributed by atoms with E-state index in [1.165, 1.54) is 0 Å². The van der Waals surface area contributed by atoms with Gasteiger partial charge in [0.05, 0.1) is 17.6 Å². The second kappa shape index (κ2) is 9.36. The highest BCUT2D eigenvalue weighted by Gasteiger charge is 2.14. The smallest absolute Gasteiger partial charge is 0.278 e. The molecule has 0 atom stereocenters. The van der Waals surface area contributed by atoms with Crippen LogP contribution in [-0.2, 0) is 4.74 Å². The van der Waals surface area contributed by atoms with Crippen molar-refractivity contribution in [2.75, 3.05) is 25.6 Å². The Morgan fingerprint density at radius 1 is 1.03 bits per heavy atom. The van der Waals surface area contributed by atoms with Crippen LogP contribution in [0.1, 0.15) is 22.6 Å². The van der Waals surface area contributed by atoms with E-state index in [1.807, 2.05) is 72.0 Å². The standard InChI is InChI=1S/C26H25N5O3/c1-17-6-3-9-24-27-23(16-31(17)24)25(32)30-26-28-21-11-10-19(15-22(21)29-26)18-7-4-8-20(14-18)34-13-5-12-33-2/h3-4,6-11,14-16H,5,12-13H2,1-2H3,(H2,28,29,30,32). The lowest BCUT2D eigenvalue weighted by Gasteiger charge is -2.08. The molecule has 3 aromatic heterocycles. The molecule has 8 nitrogen and oxygen atoms in total. The summed E-state index contributed by atoms with van der Waals surface area (Å²) in [5, 5.41) is 2.82. The number of methoxy groups -OCH3 is 1. The molecule has 0 aliphatic rings. The van der Waals surface area contributed by atoms with Crippen molar-refractivity contribution in [3.8, 4) is 16.9 Å². The van der Waals surface area contributed by atoms with Crippen LogP contribution in [0.3, 0.4) is 0 Å². The molecule has 0 unspecified atom stereocenters. The fraction of sp³-hybridized carbons (Fsp3) is 0.192. The number of fused-ring (bicyclic) bond motifs is 2. The van der Waals surface area contributed by atoms with Crippen LogP contribution < -0.4 is 10.1 Å². The van der Waals surface area contributed by atoms with Crippen molar-refractivity contribution in [3.05, 3.63) is 78.2 Å². The van der Waals surface area contributed by atoms with Gasteiger partial charge in [0.1, 0.15) is 17.1 Å². The number of nitrogens with zero attached hydrogens (tertiary/aromatic N) is 3. The second-order valence-corrected chi connectivity index (χ2v) is 8.02. The highest BCUT2D eigenvalue weighted by atomic mass is 16.5. The van der Waals surface area contributed by atoms with E-state index in [0.717, 1.165) is 45.7 Å². The first kappa shape index (κ1) is 21.7. The van der Waals surface area contributed by atoms with Crippen molar-refractivity contribution < 1.29 is 14.3 Å². The Balaban J connectivity index is 1.33. The van der Waals surface area contributed by atoms with Gasteiger partial charge in [0.15, 0.2) is 0 Å². The molecular formula is C26H25N5O3. The fourth-order valence-corrected chi connectivity index (χ4v) is 3.84. The molecule has 0 spiro atoms. The quantitative estimate of drug-likeness (QED) is 0.326. The second-order valence-electron chi connectivity index (χ2n) is 8.02. The predicted molar refractivity (Wildman–Crippen MR) is 131 cm³/mol. The Kier molecular flexibility index (Phi) is 5.97. The highest BCUT2D eigenvalue weighted by molar-refractivity contribution is 6.03. The fourth-order valence-electron chi connectivity index (χ4n) is 3.84. The molecule has 0 bridgehead atoms. The summed E-state index contributed by atoms with van der Waals surface area (Å²) in [7, 11) is 1.68. The predicted octanol–water partition coefficient (Wildman–Crippen LogP) is 4.85. The Labute approximate surface area is 196 Å². The SMILES string of the molecule is COCCCOc1cccc(-c2ccc3nc(NC(=O)c4cn5c(C)cccc5n4)[nH]c3c2)c1. The monoisotopic (exact) mass is 455 g/mol. The number of carbonyl (C=O) groups excluding carboxylic acids is 1. The van der Waals surface area contributed by atoms with Crippen LogP contribution in [0.2, 0.25) is 0 Å². The Bertz CT molecular complexity index is 1470. The number of aromatic nitrogens is 4. The van der Waals surface area contributed by atoms with Gasteiger partial charge in [-0.15, -0.1) is 0 Å². The minimum Gasteiger partial charge on any atom is -0.493 e. The van der Waals surface area contributed by atoms with Crippen LogP contribution >= 0.6 is 0 Å². The molecule has 1 amide bonds. The minimum atomic E-state index is -0.319. The van der Waals surface area contributed by atoms with Gasteiger partial charge in [-0.05, 0) is 54.4 Å². The first-order chi connectivity index (χ1) is 16.6. The van der Waals surface area contributed by atoms with Gasteiger partial charge in [0.25, 0.3) is 5.91 Å². The Morgan fingerprint density at radius 3 is 2.74 bits per heavy atom. The number of hydrogen-bond donors (Lipinski definition) is 2. The largest absolute Gasteiger partial charge is 0.493 e. The number of amides is 1. The lowest BCUT2D eigenvalue weighted by molar-refractivity contribution is 0.102. The molecule has 2 N–H and O–H groups in total. The molecule has 0 fully saturated rings. The molecule has 34 heavy (non-hydrogen) atoms. The lowest BCUT2D eigenvalue weighted by Crippen LogP contribution is -2.13. The first-order valence-corrected chi connectivity index (χ1v) is 11.1. The number of carbonyl (C=O) groups is 1. The maximum atomic E-state index is 12.8. The van der Waals surface area contributed by atoms with E-state index in [0.29, 0.717) is 24.9 Å². The third kappa shape index (κ3) is 4.49. The van der Waals surface area contributed by atoms with E-state index in [2.05, 4.69) is 20.3 Å².